The van der Waals surface area contributed by atoms with Gasteiger partial charge in [0.15, 0.2) is 11.5 Å². The maximum absolute atomic E-state index is 13.0. The zero-order valence-corrected chi connectivity index (χ0v) is 9.21. The van der Waals surface area contributed by atoms with Crippen molar-refractivity contribution in [3.63, 3.8) is 0 Å². The van der Waals surface area contributed by atoms with Crippen molar-refractivity contribution < 1.29 is 18.3 Å². The largest absolute Gasteiger partial charge is 0.486 e. The van der Waals surface area contributed by atoms with Crippen molar-refractivity contribution in [3.05, 3.63) is 23.8 Å². The third kappa shape index (κ3) is 1.65. The molecule has 1 aromatic rings. The molecule has 3 nitrogen and oxygen atoms in total. The first-order valence-electron chi connectivity index (χ1n) is 5.56. The van der Waals surface area contributed by atoms with Crippen LogP contribution in [0.3, 0.4) is 0 Å². The molecule has 0 unspecified atom stereocenters. The molecule has 1 fully saturated rings. The molecular weight excluding hydrogens is 228 g/mol. The molecule has 0 atom stereocenters. The summed E-state index contributed by atoms with van der Waals surface area (Å²) in [6.07, 6.45) is -0.667. The van der Waals surface area contributed by atoms with E-state index < -0.39 is 11.5 Å². The summed E-state index contributed by atoms with van der Waals surface area (Å²) in [4.78, 5) is 0. The number of fused-ring (bicyclic) bond motifs is 1. The van der Waals surface area contributed by atoms with Crippen LogP contribution < -0.4 is 15.2 Å². The fourth-order valence-corrected chi connectivity index (χ4v) is 2.53. The van der Waals surface area contributed by atoms with Gasteiger partial charge in [-0.1, -0.05) is 12.1 Å². The maximum Gasteiger partial charge on any atom is 0.252 e. The SMILES string of the molecule is NC1(c2cccc3c2OCCO3)CC(F)(F)C1. The highest BCUT2D eigenvalue weighted by Gasteiger charge is 2.56. The van der Waals surface area contributed by atoms with Crippen molar-refractivity contribution in [2.24, 2.45) is 5.73 Å². The summed E-state index contributed by atoms with van der Waals surface area (Å²) in [5, 5.41) is 0. The monoisotopic (exact) mass is 241 g/mol. The van der Waals surface area contributed by atoms with Crippen molar-refractivity contribution in [1.29, 1.82) is 0 Å². The molecule has 0 aromatic heterocycles. The van der Waals surface area contributed by atoms with Crippen LogP contribution in [0.2, 0.25) is 0 Å². The van der Waals surface area contributed by atoms with Gasteiger partial charge in [0, 0.05) is 18.4 Å². The molecule has 0 bridgehead atoms. The number of ether oxygens (including phenoxy) is 2. The Balaban J connectivity index is 1.99. The predicted molar refractivity (Wildman–Crippen MR) is 57.5 cm³/mol. The van der Waals surface area contributed by atoms with E-state index in [1.54, 1.807) is 18.2 Å². The van der Waals surface area contributed by atoms with Gasteiger partial charge in [-0.15, -0.1) is 0 Å². The van der Waals surface area contributed by atoms with E-state index in [0.29, 0.717) is 30.3 Å². The minimum atomic E-state index is -2.66. The van der Waals surface area contributed by atoms with Crippen molar-refractivity contribution >= 4 is 0 Å². The van der Waals surface area contributed by atoms with Gasteiger partial charge in [-0.25, -0.2) is 8.78 Å². The second-order valence-electron chi connectivity index (χ2n) is 4.70. The standard InChI is InChI=1S/C12H13F2NO2/c13-12(14)6-11(15,7-12)8-2-1-3-9-10(8)17-5-4-16-9/h1-3H,4-7,15H2. The smallest absolute Gasteiger partial charge is 0.252 e. The lowest BCUT2D eigenvalue weighted by atomic mass is 9.69. The lowest BCUT2D eigenvalue weighted by molar-refractivity contribution is -0.125. The van der Waals surface area contributed by atoms with E-state index in [1.165, 1.54) is 0 Å². The van der Waals surface area contributed by atoms with E-state index in [0.717, 1.165) is 0 Å². The van der Waals surface area contributed by atoms with E-state index >= 15 is 0 Å². The van der Waals surface area contributed by atoms with Crippen LogP contribution in [0.5, 0.6) is 11.5 Å². The highest BCUT2D eigenvalue weighted by atomic mass is 19.3. The van der Waals surface area contributed by atoms with Gasteiger partial charge in [0.2, 0.25) is 0 Å². The third-order valence-corrected chi connectivity index (χ3v) is 3.25. The number of para-hydroxylation sites is 1. The van der Waals surface area contributed by atoms with Gasteiger partial charge < -0.3 is 15.2 Å². The molecule has 1 saturated carbocycles. The molecule has 1 aromatic carbocycles. The van der Waals surface area contributed by atoms with E-state index in [-0.39, 0.29) is 12.8 Å². The lowest BCUT2D eigenvalue weighted by Crippen LogP contribution is -2.55. The summed E-state index contributed by atoms with van der Waals surface area (Å²) in [5.41, 5.74) is 5.64. The number of benzene rings is 1. The lowest BCUT2D eigenvalue weighted by Gasteiger charge is -2.45. The maximum atomic E-state index is 13.0. The van der Waals surface area contributed by atoms with Crippen molar-refractivity contribution in [2.75, 3.05) is 13.2 Å². The predicted octanol–water partition coefficient (Wildman–Crippen LogP) is 2.04. The van der Waals surface area contributed by atoms with Gasteiger partial charge >= 0.3 is 0 Å². The van der Waals surface area contributed by atoms with Gasteiger partial charge in [0.1, 0.15) is 13.2 Å². The summed E-state index contributed by atoms with van der Waals surface area (Å²) in [7, 11) is 0. The second-order valence-corrected chi connectivity index (χ2v) is 4.70. The molecule has 0 saturated heterocycles. The fraction of sp³-hybridized carbons (Fsp3) is 0.500. The van der Waals surface area contributed by atoms with E-state index in [2.05, 4.69) is 0 Å². The summed E-state index contributed by atoms with van der Waals surface area (Å²) in [6.45, 7) is 0.903. The molecule has 17 heavy (non-hydrogen) atoms. The van der Waals surface area contributed by atoms with Gasteiger partial charge in [-0.3, -0.25) is 0 Å². The Bertz CT molecular complexity index is 454. The highest BCUT2D eigenvalue weighted by Crippen LogP contribution is 2.53. The van der Waals surface area contributed by atoms with E-state index in [9.17, 15) is 8.78 Å². The van der Waals surface area contributed by atoms with Crippen LogP contribution in [0.4, 0.5) is 8.78 Å². The molecule has 5 heteroatoms. The molecular formula is C12H13F2NO2. The summed E-state index contributed by atoms with van der Waals surface area (Å²) in [5.74, 6) is -1.54. The topological polar surface area (TPSA) is 44.5 Å². The summed E-state index contributed by atoms with van der Waals surface area (Å²) in [6, 6.07) is 5.26. The number of nitrogens with two attached hydrogens (primary N) is 1. The van der Waals surface area contributed by atoms with Gasteiger partial charge in [-0.2, -0.15) is 0 Å². The third-order valence-electron chi connectivity index (χ3n) is 3.25. The molecule has 1 heterocycles. The minimum Gasteiger partial charge on any atom is -0.486 e. The minimum absolute atomic E-state index is 0.334. The van der Waals surface area contributed by atoms with Crippen LogP contribution >= 0.6 is 0 Å². The van der Waals surface area contributed by atoms with Gasteiger partial charge in [0.25, 0.3) is 5.92 Å². The van der Waals surface area contributed by atoms with Crippen LogP contribution in [-0.2, 0) is 5.54 Å². The molecule has 2 N–H and O–H groups in total. The van der Waals surface area contributed by atoms with Gasteiger partial charge in [0.05, 0.1) is 5.54 Å². The zero-order chi connectivity index (χ0) is 12.1. The number of hydrogen-bond donors (Lipinski definition) is 1. The molecule has 92 valence electrons. The summed E-state index contributed by atoms with van der Waals surface area (Å²) < 4.78 is 36.9. The molecule has 1 aliphatic heterocycles. The Hall–Kier alpha value is -1.36. The first kappa shape index (κ1) is 10.8. The van der Waals surface area contributed by atoms with E-state index in [1.807, 2.05) is 0 Å². The van der Waals surface area contributed by atoms with Crippen molar-refractivity contribution in [3.8, 4) is 11.5 Å². The molecule has 1 aliphatic carbocycles. The number of rotatable bonds is 1. The van der Waals surface area contributed by atoms with Crippen molar-refractivity contribution in [2.45, 2.75) is 24.3 Å². The number of halogens is 2. The van der Waals surface area contributed by atoms with E-state index in [4.69, 9.17) is 15.2 Å². The van der Waals surface area contributed by atoms with Crippen molar-refractivity contribution in [1.82, 2.24) is 0 Å². The normalized spacial score (nSPS) is 23.9. The Morgan fingerprint density at radius 2 is 1.82 bits per heavy atom. The van der Waals surface area contributed by atoms with Crippen LogP contribution in [0.15, 0.2) is 18.2 Å². The molecule has 0 spiro atoms. The van der Waals surface area contributed by atoms with Crippen LogP contribution in [0, 0.1) is 0 Å². The molecule has 0 amide bonds. The number of hydrogen-bond acceptors (Lipinski definition) is 3. The quantitative estimate of drug-likeness (QED) is 0.818. The van der Waals surface area contributed by atoms with Gasteiger partial charge in [-0.05, 0) is 6.07 Å². The molecule has 3 rings (SSSR count). The molecule has 0 radical (unpaired) electrons. The Morgan fingerprint density at radius 3 is 2.53 bits per heavy atom. The Labute approximate surface area is 97.5 Å². The second kappa shape index (κ2) is 3.32. The van der Waals surface area contributed by atoms with Crippen LogP contribution in [0.1, 0.15) is 18.4 Å². The summed E-state index contributed by atoms with van der Waals surface area (Å²) >= 11 is 0. The average molecular weight is 241 g/mol. The Morgan fingerprint density at radius 1 is 1.12 bits per heavy atom. The fourth-order valence-electron chi connectivity index (χ4n) is 2.53. The highest BCUT2D eigenvalue weighted by molar-refractivity contribution is 5.51. The Kier molecular flexibility index (Phi) is 2.10. The molecule has 2 aliphatic rings. The first-order chi connectivity index (χ1) is 8.00. The average Bonchev–Trinajstić information content (AvgIpc) is 2.25. The number of alkyl halides is 2. The van der Waals surface area contributed by atoms with Crippen LogP contribution in [-0.4, -0.2) is 19.1 Å². The zero-order valence-electron chi connectivity index (χ0n) is 9.21. The first-order valence-corrected chi connectivity index (χ1v) is 5.56. The van der Waals surface area contributed by atoms with Crippen LogP contribution in [0.25, 0.3) is 0 Å².